The van der Waals surface area contributed by atoms with Crippen molar-refractivity contribution in [3.8, 4) is 0 Å². The van der Waals surface area contributed by atoms with Crippen LogP contribution in [0.2, 0.25) is 0 Å². The van der Waals surface area contributed by atoms with Gasteiger partial charge in [-0.1, -0.05) is 13.8 Å². The first kappa shape index (κ1) is 11.3. The van der Waals surface area contributed by atoms with Gasteiger partial charge in [0.05, 0.1) is 5.60 Å². The summed E-state index contributed by atoms with van der Waals surface area (Å²) in [6.07, 6.45) is 3.69. The van der Waals surface area contributed by atoms with Gasteiger partial charge in [0, 0.05) is 0 Å². The third-order valence-electron chi connectivity index (χ3n) is 2.08. The summed E-state index contributed by atoms with van der Waals surface area (Å²) < 4.78 is 5.40. The molecule has 0 aliphatic carbocycles. The third-order valence-corrected chi connectivity index (χ3v) is 2.58. The molecule has 1 unspecified atom stereocenters. The van der Waals surface area contributed by atoms with E-state index in [-0.39, 0.29) is 5.60 Å². The van der Waals surface area contributed by atoms with Gasteiger partial charge < -0.3 is 9.84 Å². The molecule has 0 rings (SSSR count). The van der Waals surface area contributed by atoms with Crippen LogP contribution in [0.25, 0.3) is 0 Å². The van der Waals surface area contributed by atoms with Crippen molar-refractivity contribution in [2.75, 3.05) is 6.26 Å². The highest BCUT2D eigenvalue weighted by Crippen LogP contribution is 2.23. The highest BCUT2D eigenvalue weighted by molar-refractivity contribution is 7.98. The SMILES string of the molecule is CCC(C)(CC)OC(O)SC. The highest BCUT2D eigenvalue weighted by Gasteiger charge is 2.23. The van der Waals surface area contributed by atoms with E-state index in [0.29, 0.717) is 0 Å². The molecule has 0 aromatic heterocycles. The summed E-state index contributed by atoms with van der Waals surface area (Å²) in [5, 5.41) is 9.20. The first-order valence-electron chi connectivity index (χ1n) is 3.96. The molecule has 0 fully saturated rings. The van der Waals surface area contributed by atoms with Gasteiger partial charge in [0.2, 0.25) is 5.62 Å². The van der Waals surface area contributed by atoms with E-state index in [4.69, 9.17) is 4.74 Å². The van der Waals surface area contributed by atoms with E-state index < -0.39 is 5.62 Å². The maximum absolute atomic E-state index is 9.20. The molecule has 68 valence electrons. The summed E-state index contributed by atoms with van der Waals surface area (Å²) in [6, 6.07) is 0. The topological polar surface area (TPSA) is 29.5 Å². The van der Waals surface area contributed by atoms with Crippen LogP contribution in [0.3, 0.4) is 0 Å². The van der Waals surface area contributed by atoms with Crippen molar-refractivity contribution >= 4 is 11.8 Å². The summed E-state index contributed by atoms with van der Waals surface area (Å²) in [4.78, 5) is 0. The number of ether oxygens (including phenoxy) is 1. The fourth-order valence-electron chi connectivity index (χ4n) is 0.708. The molecule has 0 saturated carbocycles. The maximum atomic E-state index is 9.20. The molecule has 0 aliphatic rings. The zero-order chi connectivity index (χ0) is 8.91. The zero-order valence-electron chi connectivity index (χ0n) is 7.76. The average Bonchev–Trinajstić information content (AvgIpc) is 2.04. The molecule has 1 atom stereocenters. The van der Waals surface area contributed by atoms with Crippen molar-refractivity contribution in [1.82, 2.24) is 0 Å². The van der Waals surface area contributed by atoms with E-state index in [2.05, 4.69) is 13.8 Å². The Kier molecular flexibility index (Phi) is 5.13. The van der Waals surface area contributed by atoms with Crippen LogP contribution in [0, 0.1) is 0 Å². The van der Waals surface area contributed by atoms with Crippen LogP contribution in [0.15, 0.2) is 0 Å². The Morgan fingerprint density at radius 3 is 2.18 bits per heavy atom. The van der Waals surface area contributed by atoms with Crippen LogP contribution in [-0.2, 0) is 4.74 Å². The Morgan fingerprint density at radius 1 is 1.45 bits per heavy atom. The minimum absolute atomic E-state index is 0.164. The number of aliphatic hydroxyl groups excluding tert-OH is 1. The molecule has 0 spiro atoms. The molecule has 0 aromatic rings. The third kappa shape index (κ3) is 3.99. The van der Waals surface area contributed by atoms with E-state index in [1.165, 1.54) is 11.8 Å². The van der Waals surface area contributed by atoms with Crippen LogP contribution < -0.4 is 0 Å². The average molecular weight is 178 g/mol. The van der Waals surface area contributed by atoms with E-state index in [0.717, 1.165) is 12.8 Å². The first-order valence-corrected chi connectivity index (χ1v) is 5.25. The number of aliphatic hydroxyl groups is 1. The predicted octanol–water partition coefficient (Wildman–Crippen LogP) is 2.22. The van der Waals surface area contributed by atoms with Gasteiger partial charge in [-0.2, -0.15) is 0 Å². The molecular weight excluding hydrogens is 160 g/mol. The quantitative estimate of drug-likeness (QED) is 0.655. The molecule has 0 aromatic carbocycles. The predicted molar refractivity (Wildman–Crippen MR) is 49.6 cm³/mol. The van der Waals surface area contributed by atoms with Gasteiger partial charge >= 0.3 is 0 Å². The second-order valence-corrected chi connectivity index (χ2v) is 3.69. The van der Waals surface area contributed by atoms with Gasteiger partial charge in [0.1, 0.15) is 0 Å². The van der Waals surface area contributed by atoms with Crippen molar-refractivity contribution < 1.29 is 9.84 Å². The number of hydrogen-bond donors (Lipinski definition) is 1. The smallest absolute Gasteiger partial charge is 0.204 e. The molecular formula is C8H18O2S. The summed E-state index contributed by atoms with van der Waals surface area (Å²) >= 11 is 1.32. The van der Waals surface area contributed by atoms with Crippen LogP contribution in [0.1, 0.15) is 33.6 Å². The van der Waals surface area contributed by atoms with Crippen molar-refractivity contribution in [2.45, 2.75) is 44.8 Å². The summed E-state index contributed by atoms with van der Waals surface area (Å²) in [6.45, 7) is 6.15. The van der Waals surface area contributed by atoms with Crippen molar-refractivity contribution in [3.05, 3.63) is 0 Å². The van der Waals surface area contributed by atoms with Gasteiger partial charge in [-0.05, 0) is 26.0 Å². The first-order chi connectivity index (χ1) is 5.08. The van der Waals surface area contributed by atoms with Crippen molar-refractivity contribution in [1.29, 1.82) is 0 Å². The minimum Gasteiger partial charge on any atom is -0.360 e. The normalized spacial score (nSPS) is 15.0. The second kappa shape index (κ2) is 5.01. The fourth-order valence-corrected chi connectivity index (χ4v) is 1.04. The molecule has 1 N–H and O–H groups in total. The zero-order valence-corrected chi connectivity index (χ0v) is 8.57. The largest absolute Gasteiger partial charge is 0.360 e. The van der Waals surface area contributed by atoms with Crippen LogP contribution in [0.4, 0.5) is 0 Å². The number of thioether (sulfide) groups is 1. The Hall–Kier alpha value is 0.270. The molecule has 3 heteroatoms. The molecule has 0 heterocycles. The lowest BCUT2D eigenvalue weighted by Crippen LogP contribution is -2.30. The van der Waals surface area contributed by atoms with E-state index in [9.17, 15) is 5.11 Å². The van der Waals surface area contributed by atoms with Gasteiger partial charge in [-0.3, -0.25) is 0 Å². The molecule has 2 nitrogen and oxygen atoms in total. The monoisotopic (exact) mass is 178 g/mol. The number of rotatable bonds is 5. The fraction of sp³-hybridized carbons (Fsp3) is 1.00. The van der Waals surface area contributed by atoms with Crippen molar-refractivity contribution in [2.24, 2.45) is 0 Å². The molecule has 11 heavy (non-hydrogen) atoms. The molecule has 0 aliphatic heterocycles. The van der Waals surface area contributed by atoms with E-state index in [1.807, 2.05) is 13.2 Å². The van der Waals surface area contributed by atoms with E-state index >= 15 is 0 Å². The van der Waals surface area contributed by atoms with Crippen molar-refractivity contribution in [3.63, 3.8) is 0 Å². The Morgan fingerprint density at radius 2 is 1.91 bits per heavy atom. The lowest BCUT2D eigenvalue weighted by atomic mass is 10.0. The molecule has 0 amide bonds. The highest BCUT2D eigenvalue weighted by atomic mass is 32.2. The summed E-state index contributed by atoms with van der Waals surface area (Å²) in [5.74, 6) is 0. The molecule has 0 radical (unpaired) electrons. The second-order valence-electron chi connectivity index (χ2n) is 2.82. The Labute approximate surface area is 73.3 Å². The molecule has 0 bridgehead atoms. The van der Waals surface area contributed by atoms with Crippen LogP contribution in [-0.4, -0.2) is 22.6 Å². The molecule has 0 saturated heterocycles. The summed E-state index contributed by atoms with van der Waals surface area (Å²) in [5.41, 5.74) is -0.845. The van der Waals surface area contributed by atoms with Crippen LogP contribution >= 0.6 is 11.8 Å². The number of hydrogen-bond acceptors (Lipinski definition) is 3. The minimum atomic E-state index is -0.681. The van der Waals surface area contributed by atoms with Gasteiger partial charge in [0.25, 0.3) is 0 Å². The Balaban J connectivity index is 3.86. The maximum Gasteiger partial charge on any atom is 0.204 e. The van der Waals surface area contributed by atoms with Gasteiger partial charge in [-0.15, -0.1) is 11.8 Å². The summed E-state index contributed by atoms with van der Waals surface area (Å²) in [7, 11) is 0. The Bertz CT molecular complexity index is 102. The lowest BCUT2D eigenvalue weighted by Gasteiger charge is -2.29. The van der Waals surface area contributed by atoms with Gasteiger partial charge in [0.15, 0.2) is 0 Å². The van der Waals surface area contributed by atoms with E-state index in [1.54, 1.807) is 0 Å². The lowest BCUT2D eigenvalue weighted by molar-refractivity contribution is -0.132. The standard InChI is InChI=1S/C8H18O2S/c1-5-8(3,6-2)10-7(9)11-4/h7,9H,5-6H2,1-4H3. The van der Waals surface area contributed by atoms with Gasteiger partial charge in [-0.25, -0.2) is 0 Å². The van der Waals surface area contributed by atoms with Crippen LogP contribution in [0.5, 0.6) is 0 Å².